The van der Waals surface area contributed by atoms with Crippen LogP contribution in [0.15, 0.2) is 76.2 Å². The SMILES string of the molecule is COc1ccc(NC(=O)Cn2nc3c(-c4nc(-c5ccc(Cl)cc5)no4)cccn3c2=O)cc1. The molecule has 0 saturated carbocycles. The monoisotopic (exact) mass is 476 g/mol. The number of anilines is 1. The first-order chi connectivity index (χ1) is 16.5. The average molecular weight is 477 g/mol. The lowest BCUT2D eigenvalue weighted by Gasteiger charge is -2.05. The van der Waals surface area contributed by atoms with Crippen LogP contribution in [0.5, 0.6) is 5.75 Å². The zero-order valence-corrected chi connectivity index (χ0v) is 18.6. The first-order valence-corrected chi connectivity index (χ1v) is 10.5. The minimum absolute atomic E-state index is 0.190. The summed E-state index contributed by atoms with van der Waals surface area (Å²) in [6.45, 7) is -0.272. The standard InChI is InChI=1S/C23H17ClN6O4/c1-33-17-10-8-16(9-11-17)25-19(31)13-30-23(32)29-12-2-3-18(21(29)27-30)22-26-20(28-34-22)14-4-6-15(24)7-5-14/h2-12H,13H2,1H3,(H,25,31). The van der Waals surface area contributed by atoms with Crippen molar-refractivity contribution in [2.24, 2.45) is 0 Å². The maximum Gasteiger partial charge on any atom is 0.350 e. The molecule has 0 aliphatic rings. The summed E-state index contributed by atoms with van der Waals surface area (Å²) >= 11 is 5.94. The highest BCUT2D eigenvalue weighted by Gasteiger charge is 2.18. The fraction of sp³-hybridized carbons (Fsp3) is 0.0870. The number of carbonyl (C=O) groups is 1. The second-order valence-electron chi connectivity index (χ2n) is 7.26. The van der Waals surface area contributed by atoms with Gasteiger partial charge in [0, 0.05) is 22.5 Å². The van der Waals surface area contributed by atoms with Crippen LogP contribution in [0.1, 0.15) is 0 Å². The van der Waals surface area contributed by atoms with Crippen molar-refractivity contribution < 1.29 is 14.1 Å². The second-order valence-corrected chi connectivity index (χ2v) is 7.70. The van der Waals surface area contributed by atoms with E-state index < -0.39 is 11.6 Å². The topological polar surface area (TPSA) is 117 Å². The van der Waals surface area contributed by atoms with Crippen LogP contribution in [0.2, 0.25) is 5.02 Å². The molecule has 10 nitrogen and oxygen atoms in total. The van der Waals surface area contributed by atoms with E-state index in [2.05, 4.69) is 20.6 Å². The number of rotatable bonds is 6. The van der Waals surface area contributed by atoms with Gasteiger partial charge in [-0.2, -0.15) is 4.98 Å². The predicted molar refractivity (Wildman–Crippen MR) is 125 cm³/mol. The summed E-state index contributed by atoms with van der Waals surface area (Å²) < 4.78 is 12.9. The fourth-order valence-electron chi connectivity index (χ4n) is 3.37. The van der Waals surface area contributed by atoms with Crippen LogP contribution in [-0.2, 0) is 11.3 Å². The zero-order valence-electron chi connectivity index (χ0n) is 17.8. The van der Waals surface area contributed by atoms with Crippen LogP contribution in [0.25, 0.3) is 28.5 Å². The normalized spacial score (nSPS) is 11.0. The maximum absolute atomic E-state index is 12.8. The number of pyridine rings is 1. The molecule has 34 heavy (non-hydrogen) atoms. The van der Waals surface area contributed by atoms with Crippen molar-refractivity contribution in [3.8, 4) is 28.6 Å². The maximum atomic E-state index is 12.8. The molecule has 3 aromatic heterocycles. The molecule has 170 valence electrons. The molecular weight excluding hydrogens is 460 g/mol. The van der Waals surface area contributed by atoms with Gasteiger partial charge in [0.1, 0.15) is 12.3 Å². The lowest BCUT2D eigenvalue weighted by atomic mass is 10.2. The molecule has 5 rings (SSSR count). The van der Waals surface area contributed by atoms with Crippen molar-refractivity contribution in [2.45, 2.75) is 6.54 Å². The van der Waals surface area contributed by atoms with Crippen molar-refractivity contribution >= 4 is 28.8 Å². The molecule has 0 bridgehead atoms. The molecule has 1 amide bonds. The highest BCUT2D eigenvalue weighted by Crippen LogP contribution is 2.25. The van der Waals surface area contributed by atoms with E-state index in [1.165, 1.54) is 4.40 Å². The molecule has 5 aromatic rings. The fourth-order valence-corrected chi connectivity index (χ4v) is 3.49. The number of methoxy groups -OCH3 is 1. The van der Waals surface area contributed by atoms with Crippen LogP contribution in [0.4, 0.5) is 5.69 Å². The van der Waals surface area contributed by atoms with Gasteiger partial charge in [-0.25, -0.2) is 13.9 Å². The Balaban J connectivity index is 1.42. The average Bonchev–Trinajstić information content (AvgIpc) is 3.45. The summed E-state index contributed by atoms with van der Waals surface area (Å²) in [6.07, 6.45) is 1.56. The molecule has 0 atom stereocenters. The highest BCUT2D eigenvalue weighted by molar-refractivity contribution is 6.30. The van der Waals surface area contributed by atoms with Gasteiger partial charge < -0.3 is 14.6 Å². The molecule has 0 fully saturated rings. The van der Waals surface area contributed by atoms with Gasteiger partial charge >= 0.3 is 5.69 Å². The molecule has 0 aliphatic heterocycles. The van der Waals surface area contributed by atoms with Gasteiger partial charge in [-0.15, -0.1) is 5.10 Å². The minimum Gasteiger partial charge on any atom is -0.497 e. The third-order valence-corrected chi connectivity index (χ3v) is 5.29. The highest BCUT2D eigenvalue weighted by atomic mass is 35.5. The summed E-state index contributed by atoms with van der Waals surface area (Å²) in [4.78, 5) is 29.8. The third kappa shape index (κ3) is 4.14. The van der Waals surface area contributed by atoms with Crippen LogP contribution < -0.4 is 15.7 Å². The zero-order chi connectivity index (χ0) is 23.7. The molecule has 1 N–H and O–H groups in total. The molecular formula is C23H17ClN6O4. The molecule has 0 spiro atoms. The number of amides is 1. The van der Waals surface area contributed by atoms with Crippen molar-refractivity contribution in [3.05, 3.63) is 82.4 Å². The molecule has 11 heteroatoms. The van der Waals surface area contributed by atoms with E-state index in [4.69, 9.17) is 20.9 Å². The van der Waals surface area contributed by atoms with E-state index in [0.29, 0.717) is 27.8 Å². The number of halogens is 1. The number of aromatic nitrogens is 5. The number of fused-ring (bicyclic) bond motifs is 1. The first-order valence-electron chi connectivity index (χ1n) is 10.1. The van der Waals surface area contributed by atoms with E-state index in [1.54, 1.807) is 74.0 Å². The van der Waals surface area contributed by atoms with E-state index in [-0.39, 0.29) is 18.1 Å². The lowest BCUT2D eigenvalue weighted by Crippen LogP contribution is -2.28. The predicted octanol–water partition coefficient (Wildman–Crippen LogP) is 3.51. The molecule has 0 aliphatic carbocycles. The number of benzene rings is 2. The summed E-state index contributed by atoms with van der Waals surface area (Å²) in [6, 6.07) is 17.2. The summed E-state index contributed by atoms with van der Waals surface area (Å²) in [7, 11) is 1.56. The van der Waals surface area contributed by atoms with Gasteiger partial charge in [0.2, 0.25) is 11.7 Å². The van der Waals surface area contributed by atoms with Crippen LogP contribution in [-0.4, -0.2) is 37.3 Å². The van der Waals surface area contributed by atoms with Gasteiger partial charge in [0.15, 0.2) is 5.65 Å². The number of nitrogens with zero attached hydrogens (tertiary/aromatic N) is 5. The summed E-state index contributed by atoms with van der Waals surface area (Å²) in [5, 5.41) is 11.7. The molecule has 0 radical (unpaired) electrons. The Kier molecular flexibility index (Phi) is 5.56. The largest absolute Gasteiger partial charge is 0.497 e. The van der Waals surface area contributed by atoms with E-state index >= 15 is 0 Å². The summed E-state index contributed by atoms with van der Waals surface area (Å²) in [5.74, 6) is 0.826. The Morgan fingerprint density at radius 3 is 2.62 bits per heavy atom. The Hall–Kier alpha value is -4.44. The number of ether oxygens (including phenoxy) is 1. The van der Waals surface area contributed by atoms with E-state index in [9.17, 15) is 9.59 Å². The van der Waals surface area contributed by atoms with Crippen LogP contribution >= 0.6 is 11.6 Å². The summed E-state index contributed by atoms with van der Waals surface area (Å²) in [5.41, 5.74) is 1.57. The Bertz CT molecular complexity index is 1540. The van der Waals surface area contributed by atoms with Crippen molar-refractivity contribution in [1.82, 2.24) is 24.3 Å². The number of hydrogen-bond acceptors (Lipinski definition) is 7. The van der Waals surface area contributed by atoms with Gasteiger partial charge in [0.25, 0.3) is 5.89 Å². The second kappa shape index (κ2) is 8.83. The third-order valence-electron chi connectivity index (χ3n) is 5.04. The molecule has 3 heterocycles. The number of hydrogen-bond donors (Lipinski definition) is 1. The van der Waals surface area contributed by atoms with Gasteiger partial charge in [-0.1, -0.05) is 16.8 Å². The minimum atomic E-state index is -0.473. The molecule has 2 aromatic carbocycles. The quantitative estimate of drug-likeness (QED) is 0.398. The van der Waals surface area contributed by atoms with Crippen molar-refractivity contribution in [3.63, 3.8) is 0 Å². The van der Waals surface area contributed by atoms with Crippen LogP contribution in [0.3, 0.4) is 0 Å². The Morgan fingerprint density at radius 2 is 1.88 bits per heavy atom. The molecule has 0 saturated heterocycles. The van der Waals surface area contributed by atoms with Gasteiger partial charge in [0.05, 0.1) is 12.7 Å². The Labute approximate surface area is 197 Å². The van der Waals surface area contributed by atoms with E-state index in [0.717, 1.165) is 10.2 Å². The molecule has 0 unspecified atom stereocenters. The van der Waals surface area contributed by atoms with Crippen molar-refractivity contribution in [1.29, 1.82) is 0 Å². The van der Waals surface area contributed by atoms with Gasteiger partial charge in [-0.05, 0) is 60.7 Å². The van der Waals surface area contributed by atoms with E-state index in [1.807, 2.05) is 0 Å². The van der Waals surface area contributed by atoms with Crippen LogP contribution in [0, 0.1) is 0 Å². The lowest BCUT2D eigenvalue weighted by molar-refractivity contribution is -0.117. The first kappa shape index (κ1) is 21.4. The number of nitrogens with one attached hydrogen (secondary N) is 1. The smallest absolute Gasteiger partial charge is 0.350 e. The van der Waals surface area contributed by atoms with Gasteiger partial charge in [-0.3, -0.25) is 4.79 Å². The number of carbonyl (C=O) groups excluding carboxylic acids is 1. The van der Waals surface area contributed by atoms with Crippen molar-refractivity contribution in [2.75, 3.05) is 12.4 Å². The Morgan fingerprint density at radius 1 is 1.12 bits per heavy atom.